The van der Waals surface area contributed by atoms with E-state index in [4.69, 9.17) is 5.11 Å². The number of hydrogen-bond donors (Lipinski definition) is 3. The van der Waals surface area contributed by atoms with E-state index in [0.29, 0.717) is 0 Å². The number of carbonyl (C=O) groups excluding carboxylic acids is 1. The first-order chi connectivity index (χ1) is 8.53. The van der Waals surface area contributed by atoms with E-state index in [1.807, 2.05) is 4.72 Å². The molecule has 0 aromatic carbocycles. The largest absolute Gasteiger partial charge is 0.480 e. The van der Waals surface area contributed by atoms with Crippen molar-refractivity contribution < 1.29 is 27.9 Å². The molecular weight excluding hydrogens is 276 g/mol. The molecule has 0 unspecified atom stereocenters. The zero-order valence-corrected chi connectivity index (χ0v) is 12.2. The Hall–Kier alpha value is -1.35. The predicted octanol–water partition coefficient (Wildman–Crippen LogP) is 0.455. The number of carbonyl (C=O) groups is 2. The average molecular weight is 296 g/mol. The standard InChI is InChI=1S/C10H20N2O6S/c1-6(2)5-8(9(13)14)11-19(16,17)12-10(15)18-7(3)4/h6-8,11H,5H2,1-4H3,(H,12,15)(H,13,14)/t8-/m0/s1. The fraction of sp³-hybridized carbons (Fsp3) is 0.800. The second-order valence-corrected chi connectivity index (χ2v) is 6.14. The van der Waals surface area contributed by atoms with Gasteiger partial charge in [0.15, 0.2) is 0 Å². The third-order valence-electron chi connectivity index (χ3n) is 1.86. The van der Waals surface area contributed by atoms with Crippen LogP contribution in [0.5, 0.6) is 0 Å². The van der Waals surface area contributed by atoms with Crippen LogP contribution in [0.3, 0.4) is 0 Å². The summed E-state index contributed by atoms with van der Waals surface area (Å²) in [5.41, 5.74) is 0. The molecule has 3 N–H and O–H groups in total. The minimum atomic E-state index is -4.27. The molecule has 1 amide bonds. The van der Waals surface area contributed by atoms with Gasteiger partial charge in [0.05, 0.1) is 6.10 Å². The summed E-state index contributed by atoms with van der Waals surface area (Å²) in [6.07, 6.45) is -1.53. The van der Waals surface area contributed by atoms with E-state index in [1.165, 1.54) is 0 Å². The highest BCUT2D eigenvalue weighted by molar-refractivity contribution is 7.88. The van der Waals surface area contributed by atoms with E-state index in [1.54, 1.807) is 32.4 Å². The van der Waals surface area contributed by atoms with Gasteiger partial charge in [0.1, 0.15) is 6.04 Å². The number of nitrogens with one attached hydrogen (secondary N) is 2. The Morgan fingerprint density at radius 3 is 2.11 bits per heavy atom. The highest BCUT2D eigenvalue weighted by atomic mass is 32.2. The van der Waals surface area contributed by atoms with Crippen LogP contribution in [0.1, 0.15) is 34.1 Å². The predicted molar refractivity (Wildman–Crippen MR) is 67.7 cm³/mol. The molecule has 8 nitrogen and oxygen atoms in total. The first-order valence-electron chi connectivity index (χ1n) is 5.77. The van der Waals surface area contributed by atoms with E-state index in [-0.39, 0.29) is 12.3 Å². The van der Waals surface area contributed by atoms with E-state index in [2.05, 4.69) is 4.74 Å². The smallest absolute Gasteiger partial charge is 0.422 e. The third kappa shape index (κ3) is 8.38. The Kier molecular flexibility index (Phi) is 6.77. The summed E-state index contributed by atoms with van der Waals surface area (Å²) < 4.78 is 31.1. The van der Waals surface area contributed by atoms with Crippen LogP contribution < -0.4 is 9.44 Å². The molecule has 0 bridgehead atoms. The fourth-order valence-electron chi connectivity index (χ4n) is 1.24. The van der Waals surface area contributed by atoms with Crippen LogP contribution in [-0.4, -0.2) is 37.7 Å². The Bertz CT molecular complexity index is 418. The topological polar surface area (TPSA) is 122 Å². The van der Waals surface area contributed by atoms with E-state index in [0.717, 1.165) is 0 Å². The lowest BCUT2D eigenvalue weighted by Crippen LogP contribution is -2.48. The maximum atomic E-state index is 11.5. The van der Waals surface area contributed by atoms with Gasteiger partial charge in [0.2, 0.25) is 0 Å². The number of carboxylic acid groups (broad SMARTS) is 1. The van der Waals surface area contributed by atoms with Crippen molar-refractivity contribution in [3.8, 4) is 0 Å². The summed E-state index contributed by atoms with van der Waals surface area (Å²) in [4.78, 5) is 22.0. The molecule has 0 aromatic heterocycles. The van der Waals surface area contributed by atoms with Crippen molar-refractivity contribution >= 4 is 22.3 Å². The molecule has 0 spiro atoms. The minimum Gasteiger partial charge on any atom is -0.480 e. The third-order valence-corrected chi connectivity index (χ3v) is 2.89. The zero-order chi connectivity index (χ0) is 15.2. The molecule has 0 heterocycles. The van der Waals surface area contributed by atoms with Crippen molar-refractivity contribution in [2.24, 2.45) is 5.92 Å². The van der Waals surface area contributed by atoms with Gasteiger partial charge in [-0.05, 0) is 26.2 Å². The maximum Gasteiger partial charge on any atom is 0.422 e. The lowest BCUT2D eigenvalue weighted by atomic mass is 10.1. The molecule has 0 saturated heterocycles. The number of aliphatic carboxylic acids is 1. The first kappa shape index (κ1) is 17.6. The molecular formula is C10H20N2O6S. The van der Waals surface area contributed by atoms with Crippen molar-refractivity contribution in [3.05, 3.63) is 0 Å². The van der Waals surface area contributed by atoms with Crippen molar-refractivity contribution in [2.75, 3.05) is 0 Å². The number of ether oxygens (including phenoxy) is 1. The van der Waals surface area contributed by atoms with Crippen LogP contribution in [0, 0.1) is 5.92 Å². The van der Waals surface area contributed by atoms with Gasteiger partial charge in [-0.1, -0.05) is 13.8 Å². The van der Waals surface area contributed by atoms with Gasteiger partial charge >= 0.3 is 22.3 Å². The monoisotopic (exact) mass is 296 g/mol. The van der Waals surface area contributed by atoms with Gasteiger partial charge in [-0.15, -0.1) is 0 Å². The second-order valence-electron chi connectivity index (χ2n) is 4.70. The Balaban J connectivity index is 4.64. The van der Waals surface area contributed by atoms with Crippen LogP contribution in [0.15, 0.2) is 0 Å². The summed E-state index contributed by atoms with van der Waals surface area (Å²) in [6, 6.07) is -1.30. The number of rotatable bonds is 7. The average Bonchev–Trinajstić information content (AvgIpc) is 2.11. The van der Waals surface area contributed by atoms with E-state index >= 15 is 0 Å². The molecule has 0 aliphatic carbocycles. The highest BCUT2D eigenvalue weighted by Gasteiger charge is 2.26. The minimum absolute atomic E-state index is 0.0218. The normalized spacial score (nSPS) is 13.4. The zero-order valence-electron chi connectivity index (χ0n) is 11.3. The summed E-state index contributed by atoms with van der Waals surface area (Å²) in [5.74, 6) is -1.33. The Morgan fingerprint density at radius 2 is 1.74 bits per heavy atom. The van der Waals surface area contributed by atoms with Crippen molar-refractivity contribution in [1.82, 2.24) is 9.44 Å². The van der Waals surface area contributed by atoms with Crippen LogP contribution in [0.2, 0.25) is 0 Å². The number of amides is 1. The molecule has 0 aliphatic rings. The van der Waals surface area contributed by atoms with Crippen LogP contribution >= 0.6 is 0 Å². The molecule has 112 valence electrons. The lowest BCUT2D eigenvalue weighted by Gasteiger charge is -2.17. The molecule has 19 heavy (non-hydrogen) atoms. The molecule has 1 atom stereocenters. The van der Waals surface area contributed by atoms with Gasteiger partial charge in [-0.2, -0.15) is 13.1 Å². The fourth-order valence-corrected chi connectivity index (χ4v) is 2.13. The summed E-state index contributed by atoms with van der Waals surface area (Å²) in [7, 11) is -4.27. The van der Waals surface area contributed by atoms with Gasteiger partial charge in [-0.25, -0.2) is 9.52 Å². The molecule has 0 aliphatic heterocycles. The summed E-state index contributed by atoms with van der Waals surface area (Å²) in [6.45, 7) is 6.62. The van der Waals surface area contributed by atoms with Crippen molar-refractivity contribution in [2.45, 2.75) is 46.3 Å². The maximum absolute atomic E-state index is 11.5. The van der Waals surface area contributed by atoms with Gasteiger partial charge in [-0.3, -0.25) is 4.79 Å². The molecule has 0 fully saturated rings. The first-order valence-corrected chi connectivity index (χ1v) is 7.25. The van der Waals surface area contributed by atoms with Crippen LogP contribution in [0.25, 0.3) is 0 Å². The van der Waals surface area contributed by atoms with Gasteiger partial charge < -0.3 is 9.84 Å². The molecule has 0 rings (SSSR count). The van der Waals surface area contributed by atoms with Crippen LogP contribution in [-0.2, 0) is 19.7 Å². The quantitative estimate of drug-likeness (QED) is 0.627. The van der Waals surface area contributed by atoms with Gasteiger partial charge in [0.25, 0.3) is 0 Å². The summed E-state index contributed by atoms with van der Waals surface area (Å²) in [5, 5.41) is 8.89. The molecule has 0 aromatic rings. The van der Waals surface area contributed by atoms with E-state index in [9.17, 15) is 18.0 Å². The second kappa shape index (κ2) is 7.29. The SMILES string of the molecule is CC(C)C[C@H](NS(=O)(=O)NC(=O)OC(C)C)C(=O)O. The van der Waals surface area contributed by atoms with Crippen LogP contribution in [0.4, 0.5) is 4.79 Å². The van der Waals surface area contributed by atoms with E-state index < -0.39 is 34.4 Å². The van der Waals surface area contributed by atoms with Crippen molar-refractivity contribution in [3.63, 3.8) is 0 Å². The number of carboxylic acids is 1. The van der Waals surface area contributed by atoms with Gasteiger partial charge in [0, 0.05) is 0 Å². The lowest BCUT2D eigenvalue weighted by molar-refractivity contribution is -0.139. The Morgan fingerprint density at radius 1 is 1.21 bits per heavy atom. The Labute approximate surface area is 112 Å². The van der Waals surface area contributed by atoms with Crippen molar-refractivity contribution in [1.29, 1.82) is 0 Å². The molecule has 0 radical (unpaired) electrons. The highest BCUT2D eigenvalue weighted by Crippen LogP contribution is 2.05. The molecule has 0 saturated carbocycles. The summed E-state index contributed by atoms with van der Waals surface area (Å²) >= 11 is 0. The molecule has 9 heteroatoms. The number of hydrogen-bond acceptors (Lipinski definition) is 5.